The van der Waals surface area contributed by atoms with Crippen LogP contribution in [0.5, 0.6) is 11.5 Å². The lowest BCUT2D eigenvalue weighted by Gasteiger charge is -2.31. The molecule has 1 saturated carbocycles. The van der Waals surface area contributed by atoms with Crippen molar-refractivity contribution in [3.05, 3.63) is 71.8 Å². The predicted octanol–water partition coefficient (Wildman–Crippen LogP) is 6.39. The fourth-order valence-electron chi connectivity index (χ4n) is 5.22. The minimum absolute atomic E-state index is 0.136. The highest BCUT2D eigenvalue weighted by molar-refractivity contribution is 7.22. The highest BCUT2D eigenvalue weighted by atomic mass is 32.1. The monoisotopic (exact) mass is 544 g/mol. The lowest BCUT2D eigenvalue weighted by atomic mass is 10.0. The van der Waals surface area contributed by atoms with Gasteiger partial charge in [-0.25, -0.2) is 4.39 Å². The van der Waals surface area contributed by atoms with Crippen LogP contribution in [0.4, 0.5) is 4.39 Å². The molecule has 0 spiro atoms. The fraction of sp³-hybridized carbons (Fsp3) is 0.387. The lowest BCUT2D eigenvalue weighted by Crippen LogP contribution is -2.40. The summed E-state index contributed by atoms with van der Waals surface area (Å²) in [7, 11) is 2.04. The molecule has 0 atom stereocenters. The molecule has 4 aromatic rings. The van der Waals surface area contributed by atoms with Crippen molar-refractivity contribution >= 4 is 27.3 Å². The Bertz CT molecular complexity index is 1460. The average molecular weight is 545 g/mol. The Morgan fingerprint density at radius 1 is 1.05 bits per heavy atom. The SMILES string of the molecule is CNC1CCN(Cc2ccc(-c3cc4nccc(Oc5ccc(CC(=O)CC6CC6)cc5F)c4s3)nc2)CC1. The largest absolute Gasteiger partial charge is 0.453 e. The Morgan fingerprint density at radius 3 is 2.59 bits per heavy atom. The molecule has 2 aliphatic rings. The van der Waals surface area contributed by atoms with E-state index in [-0.39, 0.29) is 18.0 Å². The van der Waals surface area contributed by atoms with Gasteiger partial charge in [0.1, 0.15) is 11.5 Å². The molecule has 0 amide bonds. The number of piperidine rings is 1. The van der Waals surface area contributed by atoms with Crippen molar-refractivity contribution in [2.24, 2.45) is 5.92 Å². The van der Waals surface area contributed by atoms with Gasteiger partial charge in [-0.05, 0) is 87.1 Å². The Morgan fingerprint density at radius 2 is 1.87 bits per heavy atom. The van der Waals surface area contributed by atoms with E-state index in [1.54, 1.807) is 24.4 Å². The number of carbonyl (C=O) groups excluding carboxylic acids is 1. The molecule has 1 aliphatic carbocycles. The summed E-state index contributed by atoms with van der Waals surface area (Å²) >= 11 is 1.53. The molecule has 1 aromatic carbocycles. The van der Waals surface area contributed by atoms with Crippen LogP contribution in [-0.4, -0.2) is 46.8 Å². The normalized spacial score (nSPS) is 16.6. The molecule has 2 fully saturated rings. The summed E-state index contributed by atoms with van der Waals surface area (Å²) in [6.45, 7) is 3.11. The number of halogens is 1. The first kappa shape index (κ1) is 26.0. The van der Waals surface area contributed by atoms with Crippen LogP contribution in [0, 0.1) is 11.7 Å². The average Bonchev–Trinajstić information content (AvgIpc) is 3.64. The van der Waals surface area contributed by atoms with E-state index in [1.807, 2.05) is 19.3 Å². The second-order valence-corrected chi connectivity index (χ2v) is 11.8. The smallest absolute Gasteiger partial charge is 0.166 e. The summed E-state index contributed by atoms with van der Waals surface area (Å²) in [6, 6.07) is 13.4. The number of fused-ring (bicyclic) bond motifs is 1. The second kappa shape index (κ2) is 11.5. The molecule has 0 unspecified atom stereocenters. The van der Waals surface area contributed by atoms with Crippen molar-refractivity contribution in [3.63, 3.8) is 0 Å². The zero-order chi connectivity index (χ0) is 26.8. The number of ketones is 1. The van der Waals surface area contributed by atoms with Gasteiger partial charge >= 0.3 is 0 Å². The van der Waals surface area contributed by atoms with E-state index in [9.17, 15) is 9.18 Å². The van der Waals surface area contributed by atoms with Gasteiger partial charge in [-0.2, -0.15) is 0 Å². The van der Waals surface area contributed by atoms with Gasteiger partial charge in [-0.1, -0.05) is 12.1 Å². The number of pyridine rings is 2. The number of thiophene rings is 1. The first-order chi connectivity index (χ1) is 19.0. The Balaban J connectivity index is 1.14. The molecule has 0 bridgehead atoms. The number of nitrogens with zero attached hydrogens (tertiary/aromatic N) is 3. The maximum Gasteiger partial charge on any atom is 0.166 e. The number of aromatic nitrogens is 2. The number of hydrogen-bond donors (Lipinski definition) is 1. The highest BCUT2D eigenvalue weighted by Gasteiger charge is 2.24. The number of benzene rings is 1. The van der Waals surface area contributed by atoms with E-state index < -0.39 is 5.82 Å². The van der Waals surface area contributed by atoms with Crippen LogP contribution in [0.1, 0.15) is 43.2 Å². The second-order valence-electron chi connectivity index (χ2n) is 10.8. The Hall–Kier alpha value is -3.20. The van der Waals surface area contributed by atoms with Crippen LogP contribution in [-0.2, 0) is 17.8 Å². The molecule has 6 rings (SSSR count). The number of rotatable bonds is 10. The standard InChI is InChI=1S/C31H33FN4O2S/c1-33-23-9-12-36(13-10-23)19-22-4-6-26(35-18-22)30-17-27-31(39-30)29(8-11-34-27)38-28-7-5-21(16-25(28)32)15-24(37)14-20-2-3-20/h4-8,11,16-18,20,23,33H,2-3,9-10,12-15,19H2,1H3. The minimum Gasteiger partial charge on any atom is -0.453 e. The summed E-state index contributed by atoms with van der Waals surface area (Å²) in [6.07, 6.45) is 9.12. The Labute approximate surface area is 232 Å². The molecule has 1 aliphatic heterocycles. The van der Waals surface area contributed by atoms with Gasteiger partial charge in [0.05, 0.1) is 20.8 Å². The molecular weight excluding hydrogens is 511 g/mol. The number of nitrogens with one attached hydrogen (secondary N) is 1. The first-order valence-corrected chi connectivity index (χ1v) is 14.6. The Kier molecular flexibility index (Phi) is 7.68. The van der Waals surface area contributed by atoms with Crippen molar-refractivity contribution in [3.8, 4) is 22.1 Å². The maximum atomic E-state index is 14.9. The van der Waals surface area contributed by atoms with E-state index in [0.717, 1.165) is 53.3 Å². The van der Waals surface area contributed by atoms with Gasteiger partial charge in [0.25, 0.3) is 0 Å². The third-order valence-electron chi connectivity index (χ3n) is 7.69. The summed E-state index contributed by atoms with van der Waals surface area (Å²) in [4.78, 5) is 24.9. The predicted molar refractivity (Wildman–Crippen MR) is 153 cm³/mol. The van der Waals surface area contributed by atoms with Crippen LogP contribution in [0.25, 0.3) is 20.8 Å². The molecular formula is C31H33FN4O2S. The summed E-state index contributed by atoms with van der Waals surface area (Å²) in [5.41, 5.74) is 3.56. The topological polar surface area (TPSA) is 67.3 Å². The van der Waals surface area contributed by atoms with Gasteiger partial charge in [-0.15, -0.1) is 11.3 Å². The third kappa shape index (κ3) is 6.35. The van der Waals surface area contributed by atoms with Crippen LogP contribution in [0.15, 0.2) is 54.9 Å². The van der Waals surface area contributed by atoms with Gasteiger partial charge in [0, 0.05) is 43.9 Å². The van der Waals surface area contributed by atoms with Crippen molar-refractivity contribution in [1.82, 2.24) is 20.2 Å². The van der Waals surface area contributed by atoms with E-state index in [0.29, 0.717) is 29.7 Å². The first-order valence-electron chi connectivity index (χ1n) is 13.8. The number of Topliss-reactive ketones (excluding diaryl/α,β-unsaturated/α-hetero) is 1. The number of ether oxygens (including phenoxy) is 1. The van der Waals surface area contributed by atoms with Crippen molar-refractivity contribution in [2.45, 2.75) is 51.1 Å². The van der Waals surface area contributed by atoms with Crippen molar-refractivity contribution < 1.29 is 13.9 Å². The van der Waals surface area contributed by atoms with Crippen LogP contribution in [0.3, 0.4) is 0 Å². The number of carbonyl (C=O) groups is 1. The molecule has 202 valence electrons. The summed E-state index contributed by atoms with van der Waals surface area (Å²) in [5.74, 6) is 0.921. The van der Waals surface area contributed by atoms with E-state index in [4.69, 9.17) is 9.72 Å². The molecule has 4 heterocycles. The van der Waals surface area contributed by atoms with Crippen molar-refractivity contribution in [1.29, 1.82) is 0 Å². The van der Waals surface area contributed by atoms with Crippen LogP contribution in [0.2, 0.25) is 0 Å². The molecule has 3 aromatic heterocycles. The van der Waals surface area contributed by atoms with Gasteiger partial charge in [0.15, 0.2) is 11.6 Å². The van der Waals surface area contributed by atoms with Crippen molar-refractivity contribution in [2.75, 3.05) is 20.1 Å². The number of likely N-dealkylation sites (tertiary alicyclic amines) is 1. The molecule has 6 nitrogen and oxygen atoms in total. The minimum atomic E-state index is -0.471. The van der Waals surface area contributed by atoms with Crippen LogP contribution < -0.4 is 10.1 Å². The van der Waals surface area contributed by atoms with E-state index in [2.05, 4.69) is 27.3 Å². The molecule has 0 radical (unpaired) electrons. The summed E-state index contributed by atoms with van der Waals surface area (Å²) in [5, 5.41) is 3.38. The molecule has 39 heavy (non-hydrogen) atoms. The third-order valence-corrected chi connectivity index (χ3v) is 8.85. The van der Waals surface area contributed by atoms with Crippen LogP contribution >= 0.6 is 11.3 Å². The van der Waals surface area contributed by atoms with E-state index in [1.165, 1.54) is 35.8 Å². The molecule has 8 heteroatoms. The summed E-state index contributed by atoms with van der Waals surface area (Å²) < 4.78 is 21.8. The van der Waals surface area contributed by atoms with E-state index >= 15 is 0 Å². The lowest BCUT2D eigenvalue weighted by molar-refractivity contribution is -0.118. The van der Waals surface area contributed by atoms with Gasteiger partial charge in [0.2, 0.25) is 0 Å². The van der Waals surface area contributed by atoms with Gasteiger partial charge < -0.3 is 10.1 Å². The maximum absolute atomic E-state index is 14.9. The number of hydrogen-bond acceptors (Lipinski definition) is 7. The zero-order valence-corrected chi connectivity index (χ0v) is 23.0. The zero-order valence-electron chi connectivity index (χ0n) is 22.2. The van der Waals surface area contributed by atoms with Gasteiger partial charge in [-0.3, -0.25) is 19.7 Å². The fourth-order valence-corrected chi connectivity index (χ4v) is 6.26. The highest BCUT2D eigenvalue weighted by Crippen LogP contribution is 2.39. The molecule has 1 N–H and O–H groups in total. The molecule has 1 saturated heterocycles. The quantitative estimate of drug-likeness (QED) is 0.250.